The maximum absolute atomic E-state index is 12.9. The van der Waals surface area contributed by atoms with Gasteiger partial charge >= 0.3 is 6.18 Å². The van der Waals surface area contributed by atoms with E-state index in [1.165, 1.54) is 11.7 Å². The molecule has 0 aliphatic rings. The minimum Gasteiger partial charge on any atom is -0.385 e. The third kappa shape index (κ3) is 2.48. The van der Waals surface area contributed by atoms with Crippen LogP contribution in [0.2, 0.25) is 0 Å². The summed E-state index contributed by atoms with van der Waals surface area (Å²) in [6.07, 6.45) is -3.92. The number of ether oxygens (including phenoxy) is 1. The molecule has 2 rings (SSSR count). The van der Waals surface area contributed by atoms with E-state index < -0.39 is 12.0 Å². The van der Waals surface area contributed by atoms with Crippen molar-refractivity contribution in [3.05, 3.63) is 30.1 Å². The van der Waals surface area contributed by atoms with Gasteiger partial charge in [0.05, 0.1) is 11.0 Å². The minimum atomic E-state index is -4.44. The number of halogens is 3. The van der Waals surface area contributed by atoms with Gasteiger partial charge < -0.3 is 9.30 Å². The summed E-state index contributed by atoms with van der Waals surface area (Å²) in [7, 11) is 1.52. The van der Waals surface area contributed by atoms with Crippen LogP contribution in [0.15, 0.2) is 24.3 Å². The van der Waals surface area contributed by atoms with Crippen LogP contribution in [0.5, 0.6) is 0 Å². The van der Waals surface area contributed by atoms with Crippen LogP contribution in [0.25, 0.3) is 11.0 Å². The first kappa shape index (κ1) is 12.9. The van der Waals surface area contributed by atoms with Crippen LogP contribution in [-0.4, -0.2) is 23.3 Å². The Morgan fingerprint density at radius 2 is 2.00 bits per heavy atom. The molecule has 1 heterocycles. The van der Waals surface area contributed by atoms with Gasteiger partial charge in [0.2, 0.25) is 5.82 Å². The SMILES string of the molecule is COCCCn1c(C(F)(F)F)nc2ccccc21. The van der Waals surface area contributed by atoms with E-state index in [4.69, 9.17) is 4.74 Å². The number of fused-ring (bicyclic) bond motifs is 1. The Kier molecular flexibility index (Phi) is 3.56. The van der Waals surface area contributed by atoms with Crippen molar-refractivity contribution in [2.24, 2.45) is 0 Å². The van der Waals surface area contributed by atoms with Crippen molar-refractivity contribution in [3.8, 4) is 0 Å². The molecule has 0 unspecified atom stereocenters. The number of para-hydroxylation sites is 2. The summed E-state index contributed by atoms with van der Waals surface area (Å²) in [5.41, 5.74) is 0.864. The summed E-state index contributed by atoms with van der Waals surface area (Å²) in [5.74, 6) is -0.847. The molecular weight excluding hydrogens is 245 g/mol. The van der Waals surface area contributed by atoms with Gasteiger partial charge in [-0.25, -0.2) is 4.98 Å². The molecule has 0 aliphatic heterocycles. The molecule has 0 saturated heterocycles. The summed E-state index contributed by atoms with van der Waals surface area (Å²) in [4.78, 5) is 3.66. The van der Waals surface area contributed by atoms with E-state index in [9.17, 15) is 13.2 Å². The Bertz CT molecular complexity index is 534. The molecule has 1 aromatic carbocycles. The average Bonchev–Trinajstić information content (AvgIpc) is 2.69. The molecule has 0 amide bonds. The average molecular weight is 258 g/mol. The van der Waals surface area contributed by atoms with Crippen LogP contribution in [0.1, 0.15) is 12.2 Å². The number of nitrogens with zero attached hydrogens (tertiary/aromatic N) is 2. The van der Waals surface area contributed by atoms with Crippen molar-refractivity contribution in [1.29, 1.82) is 0 Å². The molecule has 6 heteroatoms. The van der Waals surface area contributed by atoms with Gasteiger partial charge in [-0.15, -0.1) is 0 Å². The van der Waals surface area contributed by atoms with Crippen molar-refractivity contribution in [1.82, 2.24) is 9.55 Å². The van der Waals surface area contributed by atoms with E-state index in [1.807, 2.05) is 0 Å². The molecule has 0 saturated carbocycles. The second-order valence-corrected chi connectivity index (χ2v) is 3.92. The normalized spacial score (nSPS) is 12.2. The molecule has 2 aromatic rings. The summed E-state index contributed by atoms with van der Waals surface area (Å²) < 4.78 is 44.7. The highest BCUT2D eigenvalue weighted by Gasteiger charge is 2.37. The first-order valence-electron chi connectivity index (χ1n) is 5.55. The van der Waals surface area contributed by atoms with E-state index in [0.717, 1.165) is 0 Å². The van der Waals surface area contributed by atoms with Crippen LogP contribution < -0.4 is 0 Å². The predicted octanol–water partition coefficient (Wildman–Crippen LogP) is 3.09. The molecule has 3 nitrogen and oxygen atoms in total. The largest absolute Gasteiger partial charge is 0.449 e. The van der Waals surface area contributed by atoms with E-state index in [1.54, 1.807) is 24.3 Å². The number of imidazole rings is 1. The third-order valence-electron chi connectivity index (χ3n) is 2.64. The molecular formula is C12H13F3N2O. The maximum atomic E-state index is 12.9. The monoisotopic (exact) mass is 258 g/mol. The Morgan fingerprint density at radius 1 is 1.28 bits per heavy atom. The van der Waals surface area contributed by atoms with Gasteiger partial charge in [-0.3, -0.25) is 0 Å². The van der Waals surface area contributed by atoms with Gasteiger partial charge in [0.15, 0.2) is 0 Å². The van der Waals surface area contributed by atoms with Crippen LogP contribution in [0.3, 0.4) is 0 Å². The number of aryl methyl sites for hydroxylation is 1. The second kappa shape index (κ2) is 4.97. The smallest absolute Gasteiger partial charge is 0.385 e. The van der Waals surface area contributed by atoms with Crippen LogP contribution in [0, 0.1) is 0 Å². The number of benzene rings is 1. The molecule has 0 aliphatic carbocycles. The lowest BCUT2D eigenvalue weighted by molar-refractivity contribution is -0.147. The van der Waals surface area contributed by atoms with E-state index in [2.05, 4.69) is 4.98 Å². The van der Waals surface area contributed by atoms with Crippen molar-refractivity contribution < 1.29 is 17.9 Å². The molecule has 1 aromatic heterocycles. The lowest BCUT2D eigenvalue weighted by Gasteiger charge is -2.10. The standard InChI is InChI=1S/C12H13F3N2O/c1-18-8-4-7-17-10-6-3-2-5-9(10)16-11(17)12(13,14)15/h2-3,5-6H,4,7-8H2,1H3. The van der Waals surface area contributed by atoms with Crippen molar-refractivity contribution >= 4 is 11.0 Å². The van der Waals surface area contributed by atoms with Crippen molar-refractivity contribution in [2.75, 3.05) is 13.7 Å². The van der Waals surface area contributed by atoms with E-state index in [0.29, 0.717) is 24.1 Å². The number of methoxy groups -OCH3 is 1. The van der Waals surface area contributed by atoms with Gasteiger partial charge in [0.25, 0.3) is 0 Å². The van der Waals surface area contributed by atoms with Crippen LogP contribution >= 0.6 is 0 Å². The van der Waals surface area contributed by atoms with Crippen molar-refractivity contribution in [2.45, 2.75) is 19.1 Å². The minimum absolute atomic E-state index is 0.239. The second-order valence-electron chi connectivity index (χ2n) is 3.92. The summed E-state index contributed by atoms with van der Waals surface area (Å²) in [5, 5.41) is 0. The molecule has 0 radical (unpaired) electrons. The van der Waals surface area contributed by atoms with Crippen molar-refractivity contribution in [3.63, 3.8) is 0 Å². The molecule has 0 N–H and O–H groups in total. The zero-order valence-corrected chi connectivity index (χ0v) is 9.87. The van der Waals surface area contributed by atoms with Crippen LogP contribution in [0.4, 0.5) is 13.2 Å². The highest BCUT2D eigenvalue weighted by atomic mass is 19.4. The highest BCUT2D eigenvalue weighted by molar-refractivity contribution is 5.76. The molecule has 0 bridgehead atoms. The summed E-state index contributed by atoms with van der Waals surface area (Å²) in [6, 6.07) is 6.60. The number of alkyl halides is 3. The maximum Gasteiger partial charge on any atom is 0.449 e. The number of rotatable bonds is 4. The Hall–Kier alpha value is -1.56. The molecule has 18 heavy (non-hydrogen) atoms. The Balaban J connectivity index is 2.44. The topological polar surface area (TPSA) is 27.1 Å². The Morgan fingerprint density at radius 3 is 2.67 bits per heavy atom. The zero-order chi connectivity index (χ0) is 13.2. The first-order valence-corrected chi connectivity index (χ1v) is 5.55. The number of aromatic nitrogens is 2. The van der Waals surface area contributed by atoms with Gasteiger partial charge in [0, 0.05) is 20.3 Å². The van der Waals surface area contributed by atoms with Crippen LogP contribution in [-0.2, 0) is 17.5 Å². The first-order chi connectivity index (χ1) is 8.54. The fourth-order valence-corrected chi connectivity index (χ4v) is 1.89. The van der Waals surface area contributed by atoms with Gasteiger partial charge in [-0.05, 0) is 18.6 Å². The molecule has 0 fully saturated rings. The highest BCUT2D eigenvalue weighted by Crippen LogP contribution is 2.31. The summed E-state index contributed by atoms with van der Waals surface area (Å²) >= 11 is 0. The van der Waals surface area contributed by atoms with Gasteiger partial charge in [-0.1, -0.05) is 12.1 Å². The Labute approximate surface area is 102 Å². The lowest BCUT2D eigenvalue weighted by atomic mass is 10.3. The lowest BCUT2D eigenvalue weighted by Crippen LogP contribution is -2.15. The number of hydrogen-bond donors (Lipinski definition) is 0. The fourth-order valence-electron chi connectivity index (χ4n) is 1.89. The zero-order valence-electron chi connectivity index (χ0n) is 9.87. The molecule has 0 spiro atoms. The third-order valence-corrected chi connectivity index (χ3v) is 2.64. The predicted molar refractivity (Wildman–Crippen MR) is 61.2 cm³/mol. The van der Waals surface area contributed by atoms with Gasteiger partial charge in [0.1, 0.15) is 0 Å². The number of hydrogen-bond acceptors (Lipinski definition) is 2. The fraction of sp³-hybridized carbons (Fsp3) is 0.417. The van der Waals surface area contributed by atoms with E-state index >= 15 is 0 Å². The molecule has 98 valence electrons. The molecule has 0 atom stereocenters. The quantitative estimate of drug-likeness (QED) is 0.788. The summed E-state index contributed by atoms with van der Waals surface area (Å²) in [6.45, 7) is 0.660. The van der Waals surface area contributed by atoms with E-state index in [-0.39, 0.29) is 6.54 Å². The van der Waals surface area contributed by atoms with Gasteiger partial charge in [-0.2, -0.15) is 13.2 Å².